The molecule has 5 heteroatoms. The van der Waals surface area contributed by atoms with E-state index < -0.39 is 0 Å². The molecule has 1 aromatic carbocycles. The van der Waals surface area contributed by atoms with Crippen LogP contribution in [-0.2, 0) is 6.42 Å². The molecule has 2 rings (SSSR count). The van der Waals surface area contributed by atoms with Gasteiger partial charge in [0.2, 0.25) is 5.88 Å². The van der Waals surface area contributed by atoms with Crippen molar-refractivity contribution in [3.8, 4) is 11.6 Å². The second-order valence-electron chi connectivity index (χ2n) is 4.72. The number of rotatable bonds is 6. The molecule has 0 atom stereocenters. The molecule has 0 unspecified atom stereocenters. The van der Waals surface area contributed by atoms with Crippen LogP contribution < -0.4 is 10.5 Å². The molecule has 3 N–H and O–H groups in total. The summed E-state index contributed by atoms with van der Waals surface area (Å²) in [6.45, 7) is 2.18. The largest absolute Gasteiger partial charge is 0.439 e. The molecular weight excluding hydrogens is 266 g/mol. The van der Waals surface area contributed by atoms with Crippen molar-refractivity contribution in [2.75, 3.05) is 0 Å². The molecule has 0 radical (unpaired) electrons. The zero-order valence-electron chi connectivity index (χ0n) is 12.0. The molecule has 0 bridgehead atoms. The molecule has 110 valence electrons. The van der Waals surface area contributed by atoms with Crippen LogP contribution >= 0.6 is 0 Å². The minimum absolute atomic E-state index is 0.0252. The van der Waals surface area contributed by atoms with Gasteiger partial charge in [0.05, 0.1) is 0 Å². The lowest BCUT2D eigenvalue weighted by atomic mass is 10.1. The first-order valence-corrected chi connectivity index (χ1v) is 6.93. The Labute approximate surface area is 124 Å². The summed E-state index contributed by atoms with van der Waals surface area (Å²) in [5, 5.41) is 11.6. The van der Waals surface area contributed by atoms with Crippen LogP contribution in [0.25, 0.3) is 0 Å². The summed E-state index contributed by atoms with van der Waals surface area (Å²) in [6.07, 6.45) is 5.00. The summed E-state index contributed by atoms with van der Waals surface area (Å²) < 4.78 is 5.67. The summed E-state index contributed by atoms with van der Waals surface area (Å²) in [6, 6.07) is 11.2. The Bertz CT molecular complexity index is 609. The highest BCUT2D eigenvalue weighted by Gasteiger charge is 2.04. The molecule has 0 fully saturated rings. The predicted octanol–water partition coefficient (Wildman–Crippen LogP) is 3.31. The van der Waals surface area contributed by atoms with Crippen molar-refractivity contribution in [1.29, 1.82) is 0 Å². The first-order chi connectivity index (χ1) is 10.2. The summed E-state index contributed by atoms with van der Waals surface area (Å²) >= 11 is 0. The van der Waals surface area contributed by atoms with E-state index in [1.165, 1.54) is 18.4 Å². The van der Waals surface area contributed by atoms with E-state index in [0.29, 0.717) is 17.2 Å². The molecule has 1 aromatic heterocycles. The van der Waals surface area contributed by atoms with E-state index in [-0.39, 0.29) is 5.84 Å². The number of amidine groups is 1. The van der Waals surface area contributed by atoms with Gasteiger partial charge in [0.1, 0.15) is 5.75 Å². The van der Waals surface area contributed by atoms with Gasteiger partial charge in [-0.15, -0.1) is 0 Å². The van der Waals surface area contributed by atoms with E-state index in [2.05, 4.69) is 29.2 Å². The number of nitrogens with two attached hydrogens (primary N) is 1. The van der Waals surface area contributed by atoms with Crippen LogP contribution in [0.2, 0.25) is 0 Å². The predicted molar refractivity (Wildman–Crippen MR) is 81.9 cm³/mol. The topological polar surface area (TPSA) is 80.7 Å². The van der Waals surface area contributed by atoms with Crippen molar-refractivity contribution >= 4 is 5.84 Å². The normalized spacial score (nSPS) is 11.4. The summed E-state index contributed by atoms with van der Waals surface area (Å²) in [5.74, 6) is 1.14. The Morgan fingerprint density at radius 2 is 2.05 bits per heavy atom. The number of ether oxygens (including phenoxy) is 1. The molecule has 1 heterocycles. The second kappa shape index (κ2) is 7.28. The van der Waals surface area contributed by atoms with E-state index in [4.69, 9.17) is 15.7 Å². The van der Waals surface area contributed by atoms with Gasteiger partial charge in [-0.1, -0.05) is 30.6 Å². The Balaban J connectivity index is 2.07. The number of benzene rings is 1. The maximum atomic E-state index is 8.67. The van der Waals surface area contributed by atoms with Gasteiger partial charge in [-0.25, -0.2) is 4.98 Å². The highest BCUT2D eigenvalue weighted by atomic mass is 16.5. The third kappa shape index (κ3) is 4.21. The number of oxime groups is 1. The lowest BCUT2D eigenvalue weighted by molar-refractivity contribution is 0.318. The average Bonchev–Trinajstić information content (AvgIpc) is 2.53. The minimum Gasteiger partial charge on any atom is -0.439 e. The molecule has 0 spiro atoms. The van der Waals surface area contributed by atoms with Gasteiger partial charge in [-0.05, 0) is 36.6 Å². The van der Waals surface area contributed by atoms with Crippen LogP contribution in [0, 0.1) is 0 Å². The van der Waals surface area contributed by atoms with E-state index >= 15 is 0 Å². The summed E-state index contributed by atoms with van der Waals surface area (Å²) in [4.78, 5) is 4.11. The van der Waals surface area contributed by atoms with E-state index in [1.807, 2.05) is 12.1 Å². The van der Waals surface area contributed by atoms with Crippen LogP contribution in [0.15, 0.2) is 47.8 Å². The van der Waals surface area contributed by atoms with E-state index in [1.54, 1.807) is 18.3 Å². The maximum Gasteiger partial charge on any atom is 0.219 e. The fourth-order valence-corrected chi connectivity index (χ4v) is 1.91. The number of unbranched alkanes of at least 4 members (excludes halogenated alkanes) is 1. The zero-order valence-corrected chi connectivity index (χ0v) is 12.0. The van der Waals surface area contributed by atoms with Gasteiger partial charge >= 0.3 is 0 Å². The third-order valence-electron chi connectivity index (χ3n) is 3.10. The first kappa shape index (κ1) is 14.8. The quantitative estimate of drug-likeness (QED) is 0.369. The number of hydrogen-bond donors (Lipinski definition) is 2. The van der Waals surface area contributed by atoms with E-state index in [9.17, 15) is 0 Å². The fraction of sp³-hybridized carbons (Fsp3) is 0.250. The van der Waals surface area contributed by atoms with Crippen molar-refractivity contribution < 1.29 is 9.94 Å². The van der Waals surface area contributed by atoms with Crippen LogP contribution in [0.5, 0.6) is 11.6 Å². The van der Waals surface area contributed by atoms with Crippen molar-refractivity contribution in [3.05, 3.63) is 53.7 Å². The van der Waals surface area contributed by atoms with Crippen LogP contribution in [-0.4, -0.2) is 16.0 Å². The third-order valence-corrected chi connectivity index (χ3v) is 3.10. The lowest BCUT2D eigenvalue weighted by Crippen LogP contribution is -2.13. The van der Waals surface area contributed by atoms with Crippen molar-refractivity contribution in [1.82, 2.24) is 4.98 Å². The Morgan fingerprint density at radius 3 is 2.71 bits per heavy atom. The SMILES string of the molecule is CCCCc1ccc(Oc2cc(/C(N)=N/O)ccn2)cc1. The second-order valence-corrected chi connectivity index (χ2v) is 4.72. The minimum atomic E-state index is 0.0252. The Morgan fingerprint density at radius 1 is 1.29 bits per heavy atom. The summed E-state index contributed by atoms with van der Waals surface area (Å²) in [7, 11) is 0. The Kier molecular flexibility index (Phi) is 5.15. The average molecular weight is 285 g/mol. The monoisotopic (exact) mass is 285 g/mol. The van der Waals surface area contributed by atoms with Crippen LogP contribution in [0.1, 0.15) is 30.9 Å². The van der Waals surface area contributed by atoms with Gasteiger partial charge < -0.3 is 15.7 Å². The highest BCUT2D eigenvalue weighted by Crippen LogP contribution is 2.21. The summed E-state index contributed by atoms with van der Waals surface area (Å²) in [5.41, 5.74) is 7.39. The van der Waals surface area contributed by atoms with E-state index in [0.717, 1.165) is 6.42 Å². The lowest BCUT2D eigenvalue weighted by Gasteiger charge is -2.07. The van der Waals surface area contributed by atoms with Gasteiger partial charge in [-0.3, -0.25) is 0 Å². The van der Waals surface area contributed by atoms with Crippen LogP contribution in [0.3, 0.4) is 0 Å². The number of aryl methyl sites for hydroxylation is 1. The number of pyridine rings is 1. The molecule has 5 nitrogen and oxygen atoms in total. The molecule has 2 aromatic rings. The maximum absolute atomic E-state index is 8.67. The Hall–Kier alpha value is -2.56. The standard InChI is InChI=1S/C16H19N3O2/c1-2-3-4-12-5-7-14(8-6-12)21-15-11-13(9-10-18-15)16(17)19-20/h5-11,20H,2-4H2,1H3,(H2,17,19). The highest BCUT2D eigenvalue weighted by molar-refractivity contribution is 5.97. The zero-order chi connectivity index (χ0) is 15.1. The smallest absolute Gasteiger partial charge is 0.219 e. The molecule has 0 amide bonds. The first-order valence-electron chi connectivity index (χ1n) is 6.93. The molecule has 0 saturated heterocycles. The molecular formula is C16H19N3O2. The van der Waals surface area contributed by atoms with Gasteiger partial charge in [0.15, 0.2) is 5.84 Å². The fourth-order valence-electron chi connectivity index (χ4n) is 1.91. The molecule has 0 aliphatic heterocycles. The van der Waals surface area contributed by atoms with Crippen molar-refractivity contribution in [3.63, 3.8) is 0 Å². The molecule has 21 heavy (non-hydrogen) atoms. The van der Waals surface area contributed by atoms with Crippen LogP contribution in [0.4, 0.5) is 0 Å². The molecule has 0 saturated carbocycles. The van der Waals surface area contributed by atoms with Gasteiger partial charge in [0, 0.05) is 17.8 Å². The number of hydrogen-bond acceptors (Lipinski definition) is 4. The van der Waals surface area contributed by atoms with Gasteiger partial charge in [0.25, 0.3) is 0 Å². The molecule has 0 aliphatic carbocycles. The number of nitrogens with zero attached hydrogens (tertiary/aromatic N) is 2. The van der Waals surface area contributed by atoms with Gasteiger partial charge in [-0.2, -0.15) is 0 Å². The molecule has 0 aliphatic rings. The number of aromatic nitrogens is 1. The van der Waals surface area contributed by atoms with Crippen molar-refractivity contribution in [2.45, 2.75) is 26.2 Å². The van der Waals surface area contributed by atoms with Crippen molar-refractivity contribution in [2.24, 2.45) is 10.9 Å².